The molecule has 0 radical (unpaired) electrons. The fourth-order valence-electron chi connectivity index (χ4n) is 3.98. The van der Waals surface area contributed by atoms with E-state index >= 15 is 0 Å². The summed E-state index contributed by atoms with van der Waals surface area (Å²) in [5.74, 6) is -1.09. The lowest BCUT2D eigenvalue weighted by Gasteiger charge is -2.18. The molecule has 1 atom stereocenters. The SMILES string of the molecule is COc1cc(-c2cc3c(s2)c(=O)n([C@@H]2CCCNC(=O)C2)c(=O)n3CC(F)F)c(Cl)cc1F. The van der Waals surface area contributed by atoms with Crippen molar-refractivity contribution in [2.45, 2.75) is 38.3 Å². The van der Waals surface area contributed by atoms with Gasteiger partial charge >= 0.3 is 5.69 Å². The topological polar surface area (TPSA) is 82.3 Å². The van der Waals surface area contributed by atoms with Crippen LogP contribution >= 0.6 is 22.9 Å². The van der Waals surface area contributed by atoms with Gasteiger partial charge in [0.1, 0.15) is 4.70 Å². The molecule has 176 valence electrons. The molecule has 0 saturated carbocycles. The van der Waals surface area contributed by atoms with Crippen LogP contribution < -0.4 is 21.3 Å². The average molecular weight is 502 g/mol. The molecule has 0 aliphatic carbocycles. The van der Waals surface area contributed by atoms with Crippen molar-refractivity contribution in [3.63, 3.8) is 0 Å². The number of nitrogens with zero attached hydrogens (tertiary/aromatic N) is 2. The summed E-state index contributed by atoms with van der Waals surface area (Å²) in [6.07, 6.45) is -2.05. The summed E-state index contributed by atoms with van der Waals surface area (Å²) in [6.45, 7) is -0.517. The number of carbonyl (C=O) groups is 1. The molecule has 7 nitrogen and oxygen atoms in total. The van der Waals surface area contributed by atoms with Crippen LogP contribution in [0.4, 0.5) is 13.2 Å². The fourth-order valence-corrected chi connectivity index (χ4v) is 5.42. The third kappa shape index (κ3) is 4.39. The number of carbonyl (C=O) groups excluding carboxylic acids is 1. The highest BCUT2D eigenvalue weighted by Gasteiger charge is 2.27. The molecular formula is C21H19ClF3N3O4S. The Balaban J connectivity index is 1.97. The fraction of sp³-hybridized carbons (Fsp3) is 0.381. The molecule has 33 heavy (non-hydrogen) atoms. The number of fused-ring (bicyclic) bond motifs is 1. The number of alkyl halides is 2. The quantitative estimate of drug-likeness (QED) is 0.576. The van der Waals surface area contributed by atoms with Crippen molar-refractivity contribution < 1.29 is 22.7 Å². The number of hydrogen-bond acceptors (Lipinski definition) is 5. The Morgan fingerprint density at radius 3 is 2.73 bits per heavy atom. The molecule has 2 aromatic heterocycles. The first-order valence-corrected chi connectivity index (χ1v) is 11.3. The number of nitrogens with one attached hydrogen (secondary N) is 1. The third-order valence-corrected chi connectivity index (χ3v) is 6.96. The summed E-state index contributed by atoms with van der Waals surface area (Å²) in [4.78, 5) is 38.9. The van der Waals surface area contributed by atoms with Gasteiger partial charge in [0.25, 0.3) is 12.0 Å². The van der Waals surface area contributed by atoms with Crippen LogP contribution in [0.2, 0.25) is 5.02 Å². The molecule has 4 rings (SSSR count). The van der Waals surface area contributed by atoms with Gasteiger partial charge in [-0.2, -0.15) is 0 Å². The first kappa shape index (κ1) is 23.4. The standard InChI is InChI=1S/C21H19ClF3N3O4S/c1-32-15-6-11(12(22)7-13(15)23)16-8-14-19(33-16)20(30)28(21(31)27(14)9-17(24)25)10-3-2-4-26-18(29)5-10/h6-8,10,17H,2-5,9H2,1H3,(H,26,29)/t10-/m1/s1. The molecule has 1 aromatic carbocycles. The zero-order chi connectivity index (χ0) is 23.9. The van der Waals surface area contributed by atoms with Crippen LogP contribution in [0, 0.1) is 5.82 Å². The zero-order valence-electron chi connectivity index (χ0n) is 17.4. The van der Waals surface area contributed by atoms with E-state index in [4.69, 9.17) is 16.3 Å². The lowest BCUT2D eigenvalue weighted by Crippen LogP contribution is -2.43. The van der Waals surface area contributed by atoms with E-state index in [2.05, 4.69) is 5.32 Å². The van der Waals surface area contributed by atoms with E-state index < -0.39 is 36.1 Å². The maximum atomic E-state index is 14.0. The average Bonchev–Trinajstić information content (AvgIpc) is 3.08. The lowest BCUT2D eigenvalue weighted by molar-refractivity contribution is -0.121. The Morgan fingerprint density at radius 2 is 2.03 bits per heavy atom. The van der Waals surface area contributed by atoms with Crippen LogP contribution in [0.15, 0.2) is 27.8 Å². The maximum absolute atomic E-state index is 14.0. The van der Waals surface area contributed by atoms with E-state index in [9.17, 15) is 27.6 Å². The van der Waals surface area contributed by atoms with Gasteiger partial charge in [0.05, 0.1) is 30.2 Å². The van der Waals surface area contributed by atoms with Crippen LogP contribution in [0.25, 0.3) is 20.7 Å². The summed E-state index contributed by atoms with van der Waals surface area (Å²) >= 11 is 7.15. The second-order valence-corrected chi connectivity index (χ2v) is 9.06. The maximum Gasteiger partial charge on any atom is 0.331 e. The second-order valence-electron chi connectivity index (χ2n) is 7.60. The smallest absolute Gasteiger partial charge is 0.331 e. The zero-order valence-corrected chi connectivity index (χ0v) is 18.9. The first-order valence-electron chi connectivity index (χ1n) is 10.1. The Hall–Kier alpha value is -2.79. The van der Waals surface area contributed by atoms with Crippen LogP contribution in [0.5, 0.6) is 5.75 Å². The van der Waals surface area contributed by atoms with E-state index in [-0.39, 0.29) is 33.3 Å². The van der Waals surface area contributed by atoms with Gasteiger partial charge in [-0.1, -0.05) is 11.6 Å². The highest BCUT2D eigenvalue weighted by atomic mass is 35.5. The second kappa shape index (κ2) is 9.22. The summed E-state index contributed by atoms with van der Waals surface area (Å²) in [7, 11) is 1.28. The van der Waals surface area contributed by atoms with Gasteiger partial charge in [0.2, 0.25) is 5.91 Å². The molecule has 0 spiro atoms. The molecule has 3 heterocycles. The molecule has 1 saturated heterocycles. The number of amides is 1. The van der Waals surface area contributed by atoms with Gasteiger partial charge in [-0.15, -0.1) is 11.3 Å². The summed E-state index contributed by atoms with van der Waals surface area (Å²) in [5, 5.41) is 2.71. The van der Waals surface area contributed by atoms with Crippen molar-refractivity contribution in [3.8, 4) is 16.2 Å². The van der Waals surface area contributed by atoms with Crippen LogP contribution in [0.3, 0.4) is 0 Å². The minimum Gasteiger partial charge on any atom is -0.494 e. The number of ether oxygens (including phenoxy) is 1. The monoisotopic (exact) mass is 501 g/mol. The third-order valence-electron chi connectivity index (χ3n) is 5.50. The van der Waals surface area contributed by atoms with E-state index in [1.54, 1.807) is 0 Å². The lowest BCUT2D eigenvalue weighted by atomic mass is 10.1. The Bertz CT molecular complexity index is 1350. The number of aromatic nitrogens is 2. The van der Waals surface area contributed by atoms with E-state index in [1.165, 1.54) is 19.2 Å². The molecule has 1 N–H and O–H groups in total. The van der Waals surface area contributed by atoms with Crippen molar-refractivity contribution in [1.82, 2.24) is 14.5 Å². The number of thiophene rings is 1. The van der Waals surface area contributed by atoms with E-state index in [0.717, 1.165) is 26.5 Å². The molecular weight excluding hydrogens is 483 g/mol. The molecule has 1 aliphatic heterocycles. The Kier molecular flexibility index (Phi) is 6.53. The molecule has 1 fully saturated rings. The first-order chi connectivity index (χ1) is 15.7. The molecule has 1 aliphatic rings. The molecule has 3 aromatic rings. The summed E-state index contributed by atoms with van der Waals surface area (Å²) in [5.41, 5.74) is -1.22. The van der Waals surface area contributed by atoms with Crippen molar-refractivity contribution >= 4 is 39.1 Å². The number of hydrogen-bond donors (Lipinski definition) is 1. The van der Waals surface area contributed by atoms with Gasteiger partial charge < -0.3 is 10.1 Å². The summed E-state index contributed by atoms with van der Waals surface area (Å²) in [6, 6.07) is 3.05. The molecule has 0 bridgehead atoms. The van der Waals surface area contributed by atoms with Gasteiger partial charge in [-0.3, -0.25) is 18.7 Å². The van der Waals surface area contributed by atoms with E-state index in [0.29, 0.717) is 29.8 Å². The molecule has 12 heteroatoms. The minimum atomic E-state index is -2.85. The number of methoxy groups -OCH3 is 1. The van der Waals surface area contributed by atoms with E-state index in [1.807, 2.05) is 0 Å². The van der Waals surface area contributed by atoms with Crippen LogP contribution in [-0.4, -0.2) is 35.1 Å². The number of benzene rings is 1. The normalized spacial score (nSPS) is 16.8. The molecule has 0 unspecified atom stereocenters. The van der Waals surface area contributed by atoms with Crippen LogP contribution in [-0.2, 0) is 11.3 Å². The van der Waals surface area contributed by atoms with Crippen molar-refractivity contribution in [2.24, 2.45) is 0 Å². The Labute approximate surface area is 194 Å². The predicted octanol–water partition coefficient (Wildman–Crippen LogP) is 3.80. The van der Waals surface area contributed by atoms with Gasteiger partial charge in [-0.25, -0.2) is 18.0 Å². The molecule has 1 amide bonds. The van der Waals surface area contributed by atoms with Gasteiger partial charge in [-0.05, 0) is 31.0 Å². The number of rotatable bonds is 5. The Morgan fingerprint density at radius 1 is 1.27 bits per heavy atom. The number of halogens is 4. The summed E-state index contributed by atoms with van der Waals surface area (Å²) < 4.78 is 47.5. The minimum absolute atomic E-state index is 0.0268. The van der Waals surface area contributed by atoms with Gasteiger partial charge in [0, 0.05) is 23.4 Å². The van der Waals surface area contributed by atoms with Crippen molar-refractivity contribution in [1.29, 1.82) is 0 Å². The highest BCUT2D eigenvalue weighted by molar-refractivity contribution is 7.22. The highest BCUT2D eigenvalue weighted by Crippen LogP contribution is 2.39. The predicted molar refractivity (Wildman–Crippen MR) is 119 cm³/mol. The van der Waals surface area contributed by atoms with Crippen LogP contribution in [0.1, 0.15) is 25.3 Å². The van der Waals surface area contributed by atoms with Crippen molar-refractivity contribution in [3.05, 3.63) is 49.9 Å². The van der Waals surface area contributed by atoms with Gasteiger partial charge in [0.15, 0.2) is 11.6 Å². The van der Waals surface area contributed by atoms with Crippen molar-refractivity contribution in [2.75, 3.05) is 13.7 Å². The largest absolute Gasteiger partial charge is 0.494 e.